The molecule has 3 heteroatoms. The predicted molar refractivity (Wildman–Crippen MR) is 77.5 cm³/mol. The lowest BCUT2D eigenvalue weighted by Gasteiger charge is -1.89. The molecule has 3 rings (SSSR count). The van der Waals surface area contributed by atoms with Crippen molar-refractivity contribution in [2.45, 2.75) is 6.92 Å². The van der Waals surface area contributed by atoms with Gasteiger partial charge >= 0.3 is 0 Å². The van der Waals surface area contributed by atoms with Crippen molar-refractivity contribution >= 4 is 33.7 Å². The van der Waals surface area contributed by atoms with Crippen LogP contribution in [0, 0.1) is 6.92 Å². The summed E-state index contributed by atoms with van der Waals surface area (Å²) in [6.45, 7) is 2.09. The Morgan fingerprint density at radius 3 is 2.94 bits per heavy atom. The highest BCUT2D eigenvalue weighted by atomic mass is 32.1. The maximum Gasteiger partial charge on any atom is 0.117 e. The predicted octanol–water partition coefficient (Wildman–Crippen LogP) is 4.17. The highest BCUT2D eigenvalue weighted by Gasteiger charge is 2.00. The molecule has 0 aliphatic carbocycles. The van der Waals surface area contributed by atoms with Crippen molar-refractivity contribution in [3.63, 3.8) is 0 Å². The summed E-state index contributed by atoms with van der Waals surface area (Å²) >= 11 is 1.71. The van der Waals surface area contributed by atoms with Crippen LogP contribution in [-0.4, -0.2) is 9.97 Å². The summed E-state index contributed by atoms with van der Waals surface area (Å²) in [5, 5.41) is 1.03. The fourth-order valence-electron chi connectivity index (χ4n) is 1.77. The van der Waals surface area contributed by atoms with Gasteiger partial charge in [-0.3, -0.25) is 4.98 Å². The highest BCUT2D eigenvalue weighted by Crippen LogP contribution is 2.24. The lowest BCUT2D eigenvalue weighted by molar-refractivity contribution is 1.32. The summed E-state index contributed by atoms with van der Waals surface area (Å²) in [5.74, 6) is 0. The molecule has 2 heterocycles. The van der Waals surface area contributed by atoms with E-state index in [2.05, 4.69) is 35.1 Å². The van der Waals surface area contributed by atoms with E-state index in [0.29, 0.717) is 0 Å². The van der Waals surface area contributed by atoms with Crippen molar-refractivity contribution in [2.75, 3.05) is 0 Å². The van der Waals surface area contributed by atoms with Gasteiger partial charge in [0.25, 0.3) is 0 Å². The van der Waals surface area contributed by atoms with Gasteiger partial charge in [0, 0.05) is 12.4 Å². The Balaban J connectivity index is 1.93. The number of fused-ring (bicyclic) bond motifs is 1. The molecule has 0 bridgehead atoms. The molecular weight excluding hydrogens is 240 g/mol. The summed E-state index contributed by atoms with van der Waals surface area (Å²) < 4.78 is 1.23. The minimum Gasteiger partial charge on any atom is -0.264 e. The molecular formula is C15H12N2S. The van der Waals surface area contributed by atoms with Gasteiger partial charge in [0.1, 0.15) is 5.01 Å². The quantitative estimate of drug-likeness (QED) is 0.684. The number of nitrogens with zero attached hydrogens (tertiary/aromatic N) is 2. The third-order valence-electron chi connectivity index (χ3n) is 2.66. The molecule has 0 spiro atoms. The van der Waals surface area contributed by atoms with Gasteiger partial charge < -0.3 is 0 Å². The van der Waals surface area contributed by atoms with Gasteiger partial charge in [0.15, 0.2) is 0 Å². The molecule has 1 aromatic carbocycles. The van der Waals surface area contributed by atoms with Gasteiger partial charge in [-0.05, 0) is 42.3 Å². The van der Waals surface area contributed by atoms with Crippen LogP contribution in [0.2, 0.25) is 0 Å². The van der Waals surface area contributed by atoms with Crippen molar-refractivity contribution in [2.24, 2.45) is 0 Å². The molecule has 0 amide bonds. The van der Waals surface area contributed by atoms with Crippen LogP contribution in [0.25, 0.3) is 22.4 Å². The van der Waals surface area contributed by atoms with E-state index in [1.54, 1.807) is 17.5 Å². The van der Waals surface area contributed by atoms with Crippen LogP contribution in [0.5, 0.6) is 0 Å². The molecule has 88 valence electrons. The zero-order valence-corrected chi connectivity index (χ0v) is 10.8. The Kier molecular flexibility index (Phi) is 2.90. The summed E-state index contributed by atoms with van der Waals surface area (Å²) in [5.41, 5.74) is 3.41. The maximum atomic E-state index is 4.60. The first-order valence-electron chi connectivity index (χ1n) is 5.76. The minimum atomic E-state index is 1.03. The number of aryl methyl sites for hydroxylation is 1. The van der Waals surface area contributed by atoms with E-state index in [1.165, 1.54) is 10.3 Å². The molecule has 0 saturated heterocycles. The van der Waals surface area contributed by atoms with Gasteiger partial charge in [-0.1, -0.05) is 18.2 Å². The molecule has 2 nitrogen and oxygen atoms in total. The van der Waals surface area contributed by atoms with Crippen LogP contribution < -0.4 is 0 Å². The standard InChI is InChI=1S/C15H12N2S/c1-11-4-6-14-13(9-11)17-15(18-14)7-5-12-3-2-8-16-10-12/h2-10H,1H3. The minimum absolute atomic E-state index is 1.03. The molecule has 0 N–H and O–H groups in total. The van der Waals surface area contributed by atoms with Crippen LogP contribution in [0.1, 0.15) is 16.1 Å². The molecule has 0 fully saturated rings. The van der Waals surface area contributed by atoms with Crippen molar-refractivity contribution in [3.05, 3.63) is 58.9 Å². The Morgan fingerprint density at radius 2 is 2.11 bits per heavy atom. The molecule has 0 saturated carbocycles. The lowest BCUT2D eigenvalue weighted by atomic mass is 10.2. The molecule has 0 atom stereocenters. The average Bonchev–Trinajstić information content (AvgIpc) is 2.79. The van der Waals surface area contributed by atoms with E-state index in [9.17, 15) is 0 Å². The van der Waals surface area contributed by atoms with Crippen molar-refractivity contribution in [3.8, 4) is 0 Å². The third kappa shape index (κ3) is 2.31. The highest BCUT2D eigenvalue weighted by molar-refractivity contribution is 7.19. The van der Waals surface area contributed by atoms with Crippen molar-refractivity contribution in [1.82, 2.24) is 9.97 Å². The topological polar surface area (TPSA) is 25.8 Å². The molecule has 0 radical (unpaired) electrons. The van der Waals surface area contributed by atoms with E-state index in [0.717, 1.165) is 16.1 Å². The first kappa shape index (κ1) is 11.1. The summed E-state index contributed by atoms with van der Waals surface area (Å²) in [7, 11) is 0. The Hall–Kier alpha value is -2.00. The molecule has 3 aromatic rings. The molecule has 0 unspecified atom stereocenters. The number of thiazole rings is 1. The smallest absolute Gasteiger partial charge is 0.117 e. The van der Waals surface area contributed by atoms with E-state index in [1.807, 2.05) is 30.5 Å². The van der Waals surface area contributed by atoms with Gasteiger partial charge in [0.05, 0.1) is 10.2 Å². The zero-order valence-electron chi connectivity index (χ0n) is 10.00. The van der Waals surface area contributed by atoms with Crippen molar-refractivity contribution < 1.29 is 0 Å². The van der Waals surface area contributed by atoms with Crippen LogP contribution in [-0.2, 0) is 0 Å². The second-order valence-corrected chi connectivity index (χ2v) is 5.21. The second-order valence-electron chi connectivity index (χ2n) is 4.14. The number of pyridine rings is 1. The van der Waals surface area contributed by atoms with E-state index in [4.69, 9.17) is 0 Å². The second kappa shape index (κ2) is 4.70. The third-order valence-corrected chi connectivity index (χ3v) is 3.66. The maximum absolute atomic E-state index is 4.60. The Labute approximate surface area is 110 Å². The van der Waals surface area contributed by atoms with Crippen LogP contribution >= 0.6 is 11.3 Å². The monoisotopic (exact) mass is 252 g/mol. The van der Waals surface area contributed by atoms with Gasteiger partial charge in [-0.2, -0.15) is 0 Å². The van der Waals surface area contributed by atoms with E-state index < -0.39 is 0 Å². The number of hydrogen-bond donors (Lipinski definition) is 0. The fourth-order valence-corrected chi connectivity index (χ4v) is 2.62. The average molecular weight is 252 g/mol. The van der Waals surface area contributed by atoms with Crippen molar-refractivity contribution in [1.29, 1.82) is 0 Å². The SMILES string of the molecule is Cc1ccc2sc(C=Cc3cccnc3)nc2c1. The lowest BCUT2D eigenvalue weighted by Crippen LogP contribution is -1.74. The van der Waals surface area contributed by atoms with Crippen LogP contribution in [0.4, 0.5) is 0 Å². The first-order valence-corrected chi connectivity index (χ1v) is 6.58. The largest absolute Gasteiger partial charge is 0.264 e. The van der Waals surface area contributed by atoms with E-state index in [-0.39, 0.29) is 0 Å². The van der Waals surface area contributed by atoms with Gasteiger partial charge in [0.2, 0.25) is 0 Å². The Bertz CT molecular complexity index is 699. The summed E-state index contributed by atoms with van der Waals surface area (Å²) in [6, 6.07) is 10.3. The van der Waals surface area contributed by atoms with Crippen LogP contribution in [0.3, 0.4) is 0 Å². The number of rotatable bonds is 2. The molecule has 0 aliphatic heterocycles. The van der Waals surface area contributed by atoms with E-state index >= 15 is 0 Å². The Morgan fingerprint density at radius 1 is 1.17 bits per heavy atom. The first-order chi connectivity index (χ1) is 8.81. The normalized spacial score (nSPS) is 11.4. The number of hydrogen-bond acceptors (Lipinski definition) is 3. The summed E-state index contributed by atoms with van der Waals surface area (Å²) in [4.78, 5) is 8.68. The molecule has 0 aliphatic rings. The summed E-state index contributed by atoms with van der Waals surface area (Å²) in [6.07, 6.45) is 7.69. The molecule has 18 heavy (non-hydrogen) atoms. The van der Waals surface area contributed by atoms with Gasteiger partial charge in [-0.15, -0.1) is 11.3 Å². The zero-order chi connectivity index (χ0) is 12.4. The molecule has 2 aromatic heterocycles. The van der Waals surface area contributed by atoms with Crippen LogP contribution in [0.15, 0.2) is 42.7 Å². The van der Waals surface area contributed by atoms with Gasteiger partial charge in [-0.25, -0.2) is 4.98 Å². The number of benzene rings is 1. The number of aromatic nitrogens is 2. The fraction of sp³-hybridized carbons (Fsp3) is 0.0667.